The van der Waals surface area contributed by atoms with Gasteiger partial charge in [-0.05, 0) is 68.9 Å². The van der Waals surface area contributed by atoms with Crippen molar-refractivity contribution < 1.29 is 0 Å². The standard InChI is InChI=1S/C19H32N2/c1-4-13-21-14-10-19(11-15-21)18-7-5-17(6-8-18)9-12-20-16(2)3/h5-8,16,19-20H,4,9-15H2,1-3H3. The average Bonchev–Trinajstić information content (AvgIpc) is 2.49. The molecule has 0 atom stereocenters. The number of nitrogens with zero attached hydrogens (tertiary/aromatic N) is 1. The van der Waals surface area contributed by atoms with Crippen LogP contribution in [0.25, 0.3) is 0 Å². The Morgan fingerprint density at radius 3 is 2.38 bits per heavy atom. The van der Waals surface area contributed by atoms with E-state index in [2.05, 4.69) is 55.3 Å². The van der Waals surface area contributed by atoms with Gasteiger partial charge < -0.3 is 10.2 Å². The highest BCUT2D eigenvalue weighted by molar-refractivity contribution is 5.26. The van der Waals surface area contributed by atoms with E-state index in [0.29, 0.717) is 6.04 Å². The van der Waals surface area contributed by atoms with Gasteiger partial charge in [0, 0.05) is 6.04 Å². The summed E-state index contributed by atoms with van der Waals surface area (Å²) in [4.78, 5) is 2.61. The SMILES string of the molecule is CCCN1CCC(c2ccc(CCNC(C)C)cc2)CC1. The molecule has 2 heteroatoms. The van der Waals surface area contributed by atoms with Gasteiger partial charge in [0.2, 0.25) is 0 Å². The predicted octanol–water partition coefficient (Wildman–Crippen LogP) is 3.82. The average molecular weight is 288 g/mol. The Labute approximate surface area is 130 Å². The van der Waals surface area contributed by atoms with Gasteiger partial charge in [-0.1, -0.05) is 45.0 Å². The summed E-state index contributed by atoms with van der Waals surface area (Å²) in [6, 6.07) is 9.97. The molecule has 2 rings (SSSR count). The summed E-state index contributed by atoms with van der Waals surface area (Å²) < 4.78 is 0. The highest BCUT2D eigenvalue weighted by Gasteiger charge is 2.19. The first kappa shape index (κ1) is 16.5. The van der Waals surface area contributed by atoms with Crippen LogP contribution >= 0.6 is 0 Å². The minimum absolute atomic E-state index is 0.581. The highest BCUT2D eigenvalue weighted by Crippen LogP contribution is 2.28. The lowest BCUT2D eigenvalue weighted by molar-refractivity contribution is 0.213. The quantitative estimate of drug-likeness (QED) is 0.820. The summed E-state index contributed by atoms with van der Waals surface area (Å²) in [6.45, 7) is 11.6. The summed E-state index contributed by atoms with van der Waals surface area (Å²) in [5.41, 5.74) is 3.00. The van der Waals surface area contributed by atoms with Crippen molar-refractivity contribution in [3.63, 3.8) is 0 Å². The molecule has 2 nitrogen and oxygen atoms in total. The first-order valence-corrected chi connectivity index (χ1v) is 8.73. The van der Waals surface area contributed by atoms with Gasteiger partial charge in [-0.25, -0.2) is 0 Å². The van der Waals surface area contributed by atoms with E-state index in [9.17, 15) is 0 Å². The first-order chi connectivity index (χ1) is 10.2. The molecule has 118 valence electrons. The summed E-state index contributed by atoms with van der Waals surface area (Å²) in [5.74, 6) is 0.779. The van der Waals surface area contributed by atoms with Gasteiger partial charge in [0.25, 0.3) is 0 Å². The third-order valence-electron chi connectivity index (χ3n) is 4.54. The Kier molecular flexibility index (Phi) is 6.72. The molecule has 1 fully saturated rings. The van der Waals surface area contributed by atoms with E-state index in [-0.39, 0.29) is 0 Å². The fourth-order valence-corrected chi connectivity index (χ4v) is 3.27. The number of rotatable bonds is 7. The highest BCUT2D eigenvalue weighted by atomic mass is 15.1. The molecule has 1 aromatic carbocycles. The van der Waals surface area contributed by atoms with Crippen LogP contribution in [0, 0.1) is 0 Å². The van der Waals surface area contributed by atoms with Crippen LogP contribution in [0.3, 0.4) is 0 Å². The minimum atomic E-state index is 0.581. The predicted molar refractivity (Wildman–Crippen MR) is 92.0 cm³/mol. The maximum absolute atomic E-state index is 3.48. The molecule has 1 aliphatic rings. The lowest BCUT2D eigenvalue weighted by Gasteiger charge is -2.32. The van der Waals surface area contributed by atoms with Crippen LogP contribution < -0.4 is 5.32 Å². The zero-order valence-corrected chi connectivity index (χ0v) is 14.1. The van der Waals surface area contributed by atoms with Gasteiger partial charge in [-0.15, -0.1) is 0 Å². The monoisotopic (exact) mass is 288 g/mol. The van der Waals surface area contributed by atoms with Crippen molar-refractivity contribution in [1.82, 2.24) is 10.2 Å². The zero-order chi connectivity index (χ0) is 15.1. The van der Waals surface area contributed by atoms with E-state index in [4.69, 9.17) is 0 Å². The molecule has 0 aromatic heterocycles. The number of nitrogens with one attached hydrogen (secondary N) is 1. The maximum Gasteiger partial charge on any atom is 0.00105 e. The topological polar surface area (TPSA) is 15.3 Å². The molecular formula is C19H32N2. The van der Waals surface area contributed by atoms with Gasteiger partial charge in [-0.2, -0.15) is 0 Å². The lowest BCUT2D eigenvalue weighted by atomic mass is 9.89. The van der Waals surface area contributed by atoms with Crippen LogP contribution in [0.1, 0.15) is 57.1 Å². The third kappa shape index (κ3) is 5.44. The van der Waals surface area contributed by atoms with E-state index in [1.165, 1.54) is 44.5 Å². The molecule has 1 N–H and O–H groups in total. The molecule has 1 heterocycles. The summed E-state index contributed by atoms with van der Waals surface area (Å²) in [6.07, 6.45) is 5.07. The summed E-state index contributed by atoms with van der Waals surface area (Å²) >= 11 is 0. The fourth-order valence-electron chi connectivity index (χ4n) is 3.27. The van der Waals surface area contributed by atoms with E-state index in [1.54, 1.807) is 5.56 Å². The molecule has 0 bridgehead atoms. The Morgan fingerprint density at radius 1 is 1.14 bits per heavy atom. The molecule has 1 aliphatic heterocycles. The molecule has 1 saturated heterocycles. The normalized spacial score (nSPS) is 17.5. The van der Waals surface area contributed by atoms with Crippen LogP contribution in [-0.2, 0) is 6.42 Å². The van der Waals surface area contributed by atoms with E-state index >= 15 is 0 Å². The molecule has 0 saturated carbocycles. The molecule has 0 amide bonds. The molecule has 21 heavy (non-hydrogen) atoms. The van der Waals surface area contributed by atoms with Crippen LogP contribution in [0.2, 0.25) is 0 Å². The van der Waals surface area contributed by atoms with E-state index in [0.717, 1.165) is 18.9 Å². The summed E-state index contributed by atoms with van der Waals surface area (Å²) in [5, 5.41) is 3.48. The molecule has 0 unspecified atom stereocenters. The summed E-state index contributed by atoms with van der Waals surface area (Å²) in [7, 11) is 0. The second-order valence-electron chi connectivity index (χ2n) is 6.72. The van der Waals surface area contributed by atoms with Gasteiger partial charge in [0.05, 0.1) is 0 Å². The van der Waals surface area contributed by atoms with Crippen LogP contribution in [0.15, 0.2) is 24.3 Å². The van der Waals surface area contributed by atoms with Gasteiger partial charge in [-0.3, -0.25) is 0 Å². The van der Waals surface area contributed by atoms with Crippen molar-refractivity contribution in [2.45, 2.75) is 58.4 Å². The smallest absolute Gasteiger partial charge is 0.00105 e. The Balaban J connectivity index is 1.79. The molecule has 0 radical (unpaired) electrons. The Morgan fingerprint density at radius 2 is 1.81 bits per heavy atom. The van der Waals surface area contributed by atoms with Crippen LogP contribution in [-0.4, -0.2) is 37.1 Å². The number of hydrogen-bond donors (Lipinski definition) is 1. The van der Waals surface area contributed by atoms with E-state index < -0.39 is 0 Å². The van der Waals surface area contributed by atoms with Crippen molar-refractivity contribution in [1.29, 1.82) is 0 Å². The number of piperidine rings is 1. The largest absolute Gasteiger partial charge is 0.314 e. The van der Waals surface area contributed by atoms with Crippen LogP contribution in [0.4, 0.5) is 0 Å². The molecule has 0 spiro atoms. The number of benzene rings is 1. The van der Waals surface area contributed by atoms with Crippen molar-refractivity contribution in [2.75, 3.05) is 26.2 Å². The second-order valence-corrected chi connectivity index (χ2v) is 6.72. The first-order valence-electron chi connectivity index (χ1n) is 8.73. The van der Waals surface area contributed by atoms with Crippen molar-refractivity contribution in [2.24, 2.45) is 0 Å². The van der Waals surface area contributed by atoms with Gasteiger partial charge in [0.1, 0.15) is 0 Å². The lowest BCUT2D eigenvalue weighted by Crippen LogP contribution is -2.33. The Hall–Kier alpha value is -0.860. The fraction of sp³-hybridized carbons (Fsp3) is 0.684. The molecular weight excluding hydrogens is 256 g/mol. The van der Waals surface area contributed by atoms with Crippen LogP contribution in [0.5, 0.6) is 0 Å². The zero-order valence-electron chi connectivity index (χ0n) is 14.1. The third-order valence-corrected chi connectivity index (χ3v) is 4.54. The van der Waals surface area contributed by atoms with Crippen molar-refractivity contribution >= 4 is 0 Å². The number of likely N-dealkylation sites (tertiary alicyclic amines) is 1. The maximum atomic E-state index is 3.48. The van der Waals surface area contributed by atoms with Crippen molar-refractivity contribution in [3.8, 4) is 0 Å². The number of hydrogen-bond acceptors (Lipinski definition) is 2. The minimum Gasteiger partial charge on any atom is -0.314 e. The molecule has 0 aliphatic carbocycles. The molecule has 1 aromatic rings. The second kappa shape index (κ2) is 8.55. The van der Waals surface area contributed by atoms with Gasteiger partial charge in [0.15, 0.2) is 0 Å². The van der Waals surface area contributed by atoms with Gasteiger partial charge >= 0.3 is 0 Å². The van der Waals surface area contributed by atoms with E-state index in [1.807, 2.05) is 0 Å². The van der Waals surface area contributed by atoms with Crippen molar-refractivity contribution in [3.05, 3.63) is 35.4 Å². The Bertz CT molecular complexity index is 389.